The molecule has 0 atom stereocenters. The molecule has 1 saturated heterocycles. The number of halogens is 3. The molecule has 12 heteroatoms. The maximum atomic E-state index is 13.1. The van der Waals surface area contributed by atoms with Crippen molar-refractivity contribution in [1.29, 1.82) is 0 Å². The van der Waals surface area contributed by atoms with E-state index in [1.165, 1.54) is 23.1 Å². The number of aryl methyl sites for hydroxylation is 1. The number of fused-ring (bicyclic) bond motifs is 2. The highest BCUT2D eigenvalue weighted by Crippen LogP contribution is 2.31. The minimum atomic E-state index is -4.50. The second-order valence-electron chi connectivity index (χ2n) is 7.20. The van der Waals surface area contributed by atoms with Gasteiger partial charge in [-0.05, 0) is 13.8 Å². The molecule has 0 saturated carbocycles. The normalized spacial score (nSPS) is 15.5. The number of anilines is 2. The molecular weight excluding hydrogens is 399 g/mol. The van der Waals surface area contributed by atoms with Crippen LogP contribution in [0.4, 0.5) is 24.8 Å². The summed E-state index contributed by atoms with van der Waals surface area (Å²) in [5, 5.41) is 4.30. The molecule has 0 unspecified atom stereocenters. The van der Waals surface area contributed by atoms with Gasteiger partial charge in [-0.2, -0.15) is 27.8 Å². The number of hydrogen-bond acceptors (Lipinski definition) is 7. The van der Waals surface area contributed by atoms with Gasteiger partial charge in [-0.3, -0.25) is 0 Å². The van der Waals surface area contributed by atoms with Gasteiger partial charge in [0.1, 0.15) is 12.1 Å². The third kappa shape index (κ3) is 2.90. The Kier molecular flexibility index (Phi) is 4.05. The molecule has 9 nitrogen and oxygen atoms in total. The Balaban J connectivity index is 1.44. The van der Waals surface area contributed by atoms with Gasteiger partial charge in [0, 0.05) is 56.0 Å². The summed E-state index contributed by atoms with van der Waals surface area (Å²) in [5.41, 5.74) is 1.18. The van der Waals surface area contributed by atoms with Crippen LogP contribution < -0.4 is 9.80 Å². The Morgan fingerprint density at radius 1 is 0.967 bits per heavy atom. The largest absolute Gasteiger partial charge is 0.434 e. The highest BCUT2D eigenvalue weighted by atomic mass is 19.4. The van der Waals surface area contributed by atoms with Crippen LogP contribution >= 0.6 is 0 Å². The number of alkyl halides is 3. The molecule has 5 heterocycles. The molecule has 0 aliphatic carbocycles. The Morgan fingerprint density at radius 2 is 1.70 bits per heavy atom. The number of imidazole rings is 1. The first-order valence-electron chi connectivity index (χ1n) is 9.40. The predicted molar refractivity (Wildman–Crippen MR) is 103 cm³/mol. The summed E-state index contributed by atoms with van der Waals surface area (Å²) in [6.07, 6.45) is 0.930. The second-order valence-corrected chi connectivity index (χ2v) is 7.20. The number of piperazine rings is 1. The van der Waals surface area contributed by atoms with E-state index in [9.17, 15) is 13.2 Å². The van der Waals surface area contributed by atoms with Gasteiger partial charge >= 0.3 is 6.18 Å². The third-order valence-corrected chi connectivity index (χ3v) is 5.40. The molecule has 0 N–H and O–H groups in total. The standard InChI is InChI=1S/C18H18F3N9/c1-11-12(2)25-17-23-10-24-30(17)16(11)28-7-5-27(6-8-28)14-15-26-13(18(19,20)21)9-29(15)4-3-22-14/h3-4,9-10H,5-8H2,1-2H3. The second kappa shape index (κ2) is 6.54. The molecule has 4 aromatic heterocycles. The van der Waals surface area contributed by atoms with Crippen LogP contribution in [0, 0.1) is 13.8 Å². The van der Waals surface area contributed by atoms with Gasteiger partial charge in [0.25, 0.3) is 5.78 Å². The van der Waals surface area contributed by atoms with Crippen molar-refractivity contribution in [2.24, 2.45) is 0 Å². The first kappa shape index (κ1) is 18.6. The van der Waals surface area contributed by atoms with Crippen LogP contribution in [0.2, 0.25) is 0 Å². The summed E-state index contributed by atoms with van der Waals surface area (Å²) in [4.78, 5) is 20.9. The van der Waals surface area contributed by atoms with E-state index < -0.39 is 11.9 Å². The number of nitrogens with zero attached hydrogens (tertiary/aromatic N) is 9. The maximum absolute atomic E-state index is 13.1. The van der Waals surface area contributed by atoms with Crippen molar-refractivity contribution in [2.75, 3.05) is 36.0 Å². The van der Waals surface area contributed by atoms with Crippen LogP contribution in [0.5, 0.6) is 0 Å². The first-order valence-corrected chi connectivity index (χ1v) is 9.40. The molecule has 0 spiro atoms. The van der Waals surface area contributed by atoms with Crippen molar-refractivity contribution in [3.8, 4) is 0 Å². The molecule has 1 aliphatic heterocycles. The van der Waals surface area contributed by atoms with Crippen molar-refractivity contribution in [3.63, 3.8) is 0 Å². The monoisotopic (exact) mass is 417 g/mol. The van der Waals surface area contributed by atoms with E-state index >= 15 is 0 Å². The minimum absolute atomic E-state index is 0.202. The molecular formula is C18H18F3N9. The fourth-order valence-electron chi connectivity index (χ4n) is 3.78. The van der Waals surface area contributed by atoms with Crippen molar-refractivity contribution >= 4 is 23.1 Å². The van der Waals surface area contributed by atoms with Crippen LogP contribution in [0.1, 0.15) is 17.0 Å². The molecule has 1 aliphatic rings. The molecule has 0 radical (unpaired) electrons. The quantitative estimate of drug-likeness (QED) is 0.494. The van der Waals surface area contributed by atoms with E-state index in [-0.39, 0.29) is 5.65 Å². The van der Waals surface area contributed by atoms with Crippen LogP contribution in [0.25, 0.3) is 11.4 Å². The van der Waals surface area contributed by atoms with Gasteiger partial charge in [0.15, 0.2) is 17.2 Å². The lowest BCUT2D eigenvalue weighted by Crippen LogP contribution is -2.48. The van der Waals surface area contributed by atoms with Crippen LogP contribution in [0.15, 0.2) is 24.9 Å². The fraction of sp³-hybridized carbons (Fsp3) is 0.389. The van der Waals surface area contributed by atoms with Crippen molar-refractivity contribution in [1.82, 2.24) is 34.0 Å². The van der Waals surface area contributed by atoms with Gasteiger partial charge in [-0.15, -0.1) is 0 Å². The molecule has 156 valence electrons. The molecule has 30 heavy (non-hydrogen) atoms. The fourth-order valence-corrected chi connectivity index (χ4v) is 3.78. The zero-order valence-corrected chi connectivity index (χ0v) is 16.3. The Bertz CT molecular complexity index is 1240. The van der Waals surface area contributed by atoms with Gasteiger partial charge in [-0.1, -0.05) is 0 Å². The Labute approximate surface area is 168 Å². The number of hydrogen-bond donors (Lipinski definition) is 0. The molecule has 0 bridgehead atoms. The van der Waals surface area contributed by atoms with Crippen LogP contribution in [-0.4, -0.2) is 60.1 Å². The summed E-state index contributed by atoms with van der Waals surface area (Å²) < 4.78 is 42.3. The summed E-state index contributed by atoms with van der Waals surface area (Å²) in [7, 11) is 0. The highest BCUT2D eigenvalue weighted by Gasteiger charge is 2.35. The first-order chi connectivity index (χ1) is 14.3. The Hall–Kier alpha value is -3.44. The van der Waals surface area contributed by atoms with Gasteiger partial charge in [-0.25, -0.2) is 15.0 Å². The molecule has 5 rings (SSSR count). The van der Waals surface area contributed by atoms with Crippen LogP contribution in [-0.2, 0) is 6.18 Å². The van der Waals surface area contributed by atoms with E-state index in [4.69, 9.17) is 0 Å². The average molecular weight is 417 g/mol. The van der Waals surface area contributed by atoms with E-state index in [0.717, 1.165) is 23.3 Å². The van der Waals surface area contributed by atoms with E-state index in [0.29, 0.717) is 37.8 Å². The van der Waals surface area contributed by atoms with Crippen LogP contribution in [0.3, 0.4) is 0 Å². The summed E-state index contributed by atoms with van der Waals surface area (Å²) in [6.45, 7) is 6.39. The molecule has 0 amide bonds. The minimum Gasteiger partial charge on any atom is -0.353 e. The van der Waals surface area contributed by atoms with Crippen molar-refractivity contribution in [2.45, 2.75) is 20.0 Å². The molecule has 4 aromatic rings. The van der Waals surface area contributed by atoms with Gasteiger partial charge in [0.05, 0.1) is 0 Å². The lowest BCUT2D eigenvalue weighted by atomic mass is 10.2. The lowest BCUT2D eigenvalue weighted by Gasteiger charge is -2.37. The smallest absolute Gasteiger partial charge is 0.353 e. The molecule has 0 aromatic carbocycles. The number of aromatic nitrogens is 7. The van der Waals surface area contributed by atoms with E-state index in [1.54, 1.807) is 4.52 Å². The summed E-state index contributed by atoms with van der Waals surface area (Å²) in [6, 6.07) is 0. The zero-order chi connectivity index (χ0) is 21.0. The van der Waals surface area contributed by atoms with Gasteiger partial charge < -0.3 is 14.2 Å². The van der Waals surface area contributed by atoms with E-state index in [2.05, 4.69) is 29.9 Å². The Morgan fingerprint density at radius 3 is 2.43 bits per heavy atom. The summed E-state index contributed by atoms with van der Waals surface area (Å²) >= 11 is 0. The zero-order valence-electron chi connectivity index (χ0n) is 16.3. The lowest BCUT2D eigenvalue weighted by molar-refractivity contribution is -0.140. The SMILES string of the molecule is Cc1nc2ncnn2c(N2CCN(c3nccn4cc(C(F)(F)F)nc34)CC2)c1C. The van der Waals surface area contributed by atoms with Crippen molar-refractivity contribution < 1.29 is 13.2 Å². The predicted octanol–water partition coefficient (Wildman–Crippen LogP) is 2.13. The topological polar surface area (TPSA) is 79.8 Å². The number of rotatable bonds is 2. The van der Waals surface area contributed by atoms with E-state index in [1.807, 2.05) is 18.7 Å². The maximum Gasteiger partial charge on any atom is 0.434 e. The van der Waals surface area contributed by atoms with Crippen molar-refractivity contribution in [3.05, 3.63) is 41.9 Å². The van der Waals surface area contributed by atoms with Gasteiger partial charge in [0.2, 0.25) is 0 Å². The highest BCUT2D eigenvalue weighted by molar-refractivity contribution is 5.65. The third-order valence-electron chi connectivity index (χ3n) is 5.40. The molecule has 1 fully saturated rings. The average Bonchev–Trinajstić information content (AvgIpc) is 3.35. The summed E-state index contributed by atoms with van der Waals surface area (Å²) in [5.74, 6) is 1.92.